The van der Waals surface area contributed by atoms with Gasteiger partial charge in [0, 0.05) is 11.1 Å². The minimum atomic E-state index is -0.552. The summed E-state index contributed by atoms with van der Waals surface area (Å²) in [5.41, 5.74) is 5.54. The van der Waals surface area contributed by atoms with Crippen molar-refractivity contribution in [2.45, 2.75) is 0 Å². The van der Waals surface area contributed by atoms with E-state index in [9.17, 15) is 28.8 Å². The van der Waals surface area contributed by atoms with Crippen molar-refractivity contribution in [3.63, 3.8) is 0 Å². The van der Waals surface area contributed by atoms with E-state index in [4.69, 9.17) is 27.9 Å². The summed E-state index contributed by atoms with van der Waals surface area (Å²) in [6.07, 6.45) is 0. The molecule has 0 fully saturated rings. The molecule has 0 aliphatic carbocycles. The van der Waals surface area contributed by atoms with Crippen LogP contribution in [0.3, 0.4) is 0 Å². The number of fused-ring (bicyclic) bond motifs is 2. The van der Waals surface area contributed by atoms with Gasteiger partial charge in [0.2, 0.25) is 0 Å². The molecule has 0 saturated carbocycles. The van der Waals surface area contributed by atoms with Crippen LogP contribution in [0.25, 0.3) is 22.3 Å². The van der Waals surface area contributed by atoms with Crippen molar-refractivity contribution < 1.29 is 33.5 Å². The third-order valence-corrected chi connectivity index (χ3v) is 9.53. The van der Waals surface area contributed by atoms with Gasteiger partial charge < -0.3 is 4.74 Å². The van der Waals surface area contributed by atoms with Crippen LogP contribution in [-0.4, -0.2) is 34.1 Å². The normalized spacial score (nSPS) is 13.3. The van der Waals surface area contributed by atoms with Crippen LogP contribution in [0.4, 0.5) is 11.4 Å². The van der Waals surface area contributed by atoms with Crippen molar-refractivity contribution in [2.75, 3.05) is 9.80 Å². The SMILES string of the molecule is O=C(Cl)c1ccc(-c2ccc(N3C(=O)c4ccc(Oc5ccc6c(c5)C(=O)N(c5ccc(-c7ccc(C(=O)Cl)cc7)cc5)C6=O)cc4C3=O)cc2)cc1. The Morgan fingerprint density at radius 1 is 0.396 bits per heavy atom. The molecular weight excluding hydrogens is 715 g/mol. The first-order valence-electron chi connectivity index (χ1n) is 16.1. The number of amides is 4. The van der Waals surface area contributed by atoms with Crippen molar-refractivity contribution in [2.24, 2.45) is 0 Å². The molecule has 0 bridgehead atoms. The van der Waals surface area contributed by atoms with Gasteiger partial charge in [0.1, 0.15) is 11.5 Å². The van der Waals surface area contributed by atoms with E-state index in [2.05, 4.69) is 0 Å². The molecule has 0 N–H and O–H groups in total. The number of carbonyl (C=O) groups excluding carboxylic acids is 6. The van der Waals surface area contributed by atoms with Gasteiger partial charge in [-0.1, -0.05) is 48.5 Å². The number of carbonyl (C=O) groups is 6. The van der Waals surface area contributed by atoms with Crippen LogP contribution < -0.4 is 14.5 Å². The zero-order chi connectivity index (χ0) is 37.0. The largest absolute Gasteiger partial charge is 0.457 e. The van der Waals surface area contributed by atoms with Crippen LogP contribution in [-0.2, 0) is 0 Å². The first-order valence-corrected chi connectivity index (χ1v) is 16.9. The van der Waals surface area contributed by atoms with Crippen molar-refractivity contribution in [1.29, 1.82) is 0 Å². The van der Waals surface area contributed by atoms with Gasteiger partial charge in [0.25, 0.3) is 34.1 Å². The lowest BCUT2D eigenvalue weighted by Crippen LogP contribution is -2.29. The second kappa shape index (κ2) is 13.1. The maximum atomic E-state index is 13.5. The first-order chi connectivity index (χ1) is 25.6. The van der Waals surface area contributed by atoms with E-state index < -0.39 is 34.1 Å². The number of rotatable bonds is 8. The summed E-state index contributed by atoms with van der Waals surface area (Å²) >= 11 is 11.1. The van der Waals surface area contributed by atoms with Crippen molar-refractivity contribution >= 4 is 68.7 Å². The van der Waals surface area contributed by atoms with Gasteiger partial charge in [-0.15, -0.1) is 0 Å². The van der Waals surface area contributed by atoms with Gasteiger partial charge in [-0.2, -0.15) is 0 Å². The van der Waals surface area contributed by atoms with Gasteiger partial charge >= 0.3 is 0 Å². The van der Waals surface area contributed by atoms with Crippen LogP contribution in [0, 0.1) is 0 Å². The lowest BCUT2D eigenvalue weighted by Gasteiger charge is -2.14. The molecule has 0 atom stereocenters. The minimum absolute atomic E-state index is 0.156. The Balaban J connectivity index is 0.977. The summed E-state index contributed by atoms with van der Waals surface area (Å²) in [5.74, 6) is -1.49. The molecule has 2 aliphatic rings. The monoisotopic (exact) mass is 736 g/mol. The number of imide groups is 2. The third kappa shape index (κ3) is 5.97. The van der Waals surface area contributed by atoms with Crippen LogP contribution >= 0.6 is 23.2 Å². The highest BCUT2D eigenvalue weighted by atomic mass is 35.5. The van der Waals surface area contributed by atoms with E-state index in [0.717, 1.165) is 32.1 Å². The summed E-state index contributed by atoms with van der Waals surface area (Å²) < 4.78 is 6.03. The lowest BCUT2D eigenvalue weighted by molar-refractivity contribution is 0.0910. The van der Waals surface area contributed by atoms with E-state index >= 15 is 0 Å². The summed E-state index contributed by atoms with van der Waals surface area (Å²) in [6.45, 7) is 0. The van der Waals surface area contributed by atoms with Gasteiger partial charge in [-0.05, 0) is 130 Å². The van der Waals surface area contributed by atoms with Crippen molar-refractivity contribution in [3.05, 3.63) is 167 Å². The molecule has 8 rings (SSSR count). The van der Waals surface area contributed by atoms with E-state index in [-0.39, 0.29) is 33.8 Å². The average molecular weight is 738 g/mol. The number of anilines is 2. The fraction of sp³-hybridized carbons (Fsp3) is 0. The molecule has 2 aliphatic heterocycles. The van der Waals surface area contributed by atoms with Crippen LogP contribution in [0.1, 0.15) is 62.1 Å². The average Bonchev–Trinajstić information content (AvgIpc) is 3.57. The molecule has 0 radical (unpaired) electrons. The molecule has 6 aromatic rings. The summed E-state index contributed by atoms with van der Waals surface area (Å²) in [4.78, 5) is 78.6. The molecule has 4 amide bonds. The Morgan fingerprint density at radius 2 is 0.698 bits per heavy atom. The molecule has 53 heavy (non-hydrogen) atoms. The Bertz CT molecular complexity index is 2370. The highest BCUT2D eigenvalue weighted by Crippen LogP contribution is 2.36. The van der Waals surface area contributed by atoms with E-state index in [1.165, 1.54) is 24.3 Å². The quantitative estimate of drug-likeness (QED) is 0.113. The van der Waals surface area contributed by atoms with Crippen molar-refractivity contribution in [1.82, 2.24) is 0 Å². The number of benzene rings is 6. The fourth-order valence-electron chi connectivity index (χ4n) is 6.37. The van der Waals surface area contributed by atoms with Crippen LogP contribution in [0.5, 0.6) is 11.5 Å². The maximum Gasteiger partial charge on any atom is 0.266 e. The molecule has 11 heteroatoms. The van der Waals surface area contributed by atoms with E-state index in [1.807, 2.05) is 0 Å². The number of nitrogens with zero attached hydrogens (tertiary/aromatic N) is 2. The molecule has 2 heterocycles. The van der Waals surface area contributed by atoms with Gasteiger partial charge in [0.15, 0.2) is 0 Å². The molecule has 0 spiro atoms. The number of halogens is 2. The second-order valence-electron chi connectivity index (χ2n) is 12.2. The first kappa shape index (κ1) is 33.5. The third-order valence-electron chi connectivity index (χ3n) is 9.09. The number of ether oxygens (including phenoxy) is 1. The minimum Gasteiger partial charge on any atom is -0.457 e. The summed E-state index contributed by atoms with van der Waals surface area (Å²) in [7, 11) is 0. The molecule has 9 nitrogen and oxygen atoms in total. The summed E-state index contributed by atoms with van der Waals surface area (Å²) in [6, 6.07) is 36.4. The van der Waals surface area contributed by atoms with Gasteiger partial charge in [0.05, 0.1) is 33.6 Å². The van der Waals surface area contributed by atoms with Crippen molar-refractivity contribution in [3.8, 4) is 33.8 Å². The lowest BCUT2D eigenvalue weighted by atomic mass is 10.0. The van der Waals surface area contributed by atoms with Crippen LogP contribution in [0.15, 0.2) is 133 Å². The Morgan fingerprint density at radius 3 is 1.02 bits per heavy atom. The van der Waals surface area contributed by atoms with Crippen LogP contribution in [0.2, 0.25) is 0 Å². The Hall–Kier alpha value is -6.68. The summed E-state index contributed by atoms with van der Waals surface area (Å²) in [5, 5.41) is -1.10. The second-order valence-corrected chi connectivity index (χ2v) is 12.9. The zero-order valence-corrected chi connectivity index (χ0v) is 28.7. The van der Waals surface area contributed by atoms with Gasteiger partial charge in [-0.3, -0.25) is 28.8 Å². The fourth-order valence-corrected chi connectivity index (χ4v) is 6.62. The standard InChI is InChI=1S/C42H22Cl2N2O7/c43-37(47)27-5-1-23(2-6-27)25-9-13-29(14-10-25)45-39(49)33-19-17-31(21-35(33)41(45)51)53-32-18-20-34-36(22-32)42(52)46(40(34)50)30-15-11-26(12-16-30)24-3-7-28(8-4-24)38(44)48/h1-22H. The zero-order valence-electron chi connectivity index (χ0n) is 27.2. The number of hydrogen-bond acceptors (Lipinski definition) is 7. The molecular formula is C42H22Cl2N2O7. The smallest absolute Gasteiger partial charge is 0.266 e. The molecule has 0 aromatic heterocycles. The Kier molecular flexibility index (Phi) is 8.29. The number of hydrogen-bond donors (Lipinski definition) is 0. The topological polar surface area (TPSA) is 118 Å². The molecule has 0 unspecified atom stereocenters. The van der Waals surface area contributed by atoms with Gasteiger partial charge in [-0.25, -0.2) is 9.80 Å². The van der Waals surface area contributed by atoms with E-state index in [1.54, 1.807) is 109 Å². The molecule has 256 valence electrons. The molecule has 6 aromatic carbocycles. The highest BCUT2D eigenvalue weighted by Gasteiger charge is 2.38. The highest BCUT2D eigenvalue weighted by molar-refractivity contribution is 6.68. The Labute approximate surface area is 311 Å². The predicted octanol–water partition coefficient (Wildman–Crippen LogP) is 9.17. The predicted molar refractivity (Wildman–Crippen MR) is 199 cm³/mol. The molecule has 0 saturated heterocycles. The maximum absolute atomic E-state index is 13.5. The van der Waals surface area contributed by atoms with E-state index in [0.29, 0.717) is 22.5 Å².